The highest BCUT2D eigenvalue weighted by Crippen LogP contribution is 2.33. The molecule has 0 radical (unpaired) electrons. The van der Waals surface area contributed by atoms with E-state index in [-0.39, 0.29) is 0 Å². The lowest BCUT2D eigenvalue weighted by Crippen LogP contribution is -2.43. The van der Waals surface area contributed by atoms with Crippen molar-refractivity contribution in [3.63, 3.8) is 0 Å². The van der Waals surface area contributed by atoms with E-state index in [0.29, 0.717) is 19.3 Å². The number of ether oxygens (including phenoxy) is 2. The molecule has 2 aromatic rings. The van der Waals surface area contributed by atoms with E-state index >= 15 is 0 Å². The van der Waals surface area contributed by atoms with Crippen LogP contribution in [0.5, 0.6) is 11.5 Å². The molecule has 1 saturated heterocycles. The third-order valence-corrected chi connectivity index (χ3v) is 4.94. The summed E-state index contributed by atoms with van der Waals surface area (Å²) in [6.07, 6.45) is 3.95. The first-order valence-electron chi connectivity index (χ1n) is 8.90. The molecule has 0 saturated carbocycles. The first kappa shape index (κ1) is 16.0. The first-order chi connectivity index (χ1) is 12.2. The smallest absolute Gasteiger partial charge is 0.163 e. The van der Waals surface area contributed by atoms with Gasteiger partial charge in [0.25, 0.3) is 0 Å². The van der Waals surface area contributed by atoms with Crippen LogP contribution in [0.2, 0.25) is 0 Å². The van der Waals surface area contributed by atoms with Gasteiger partial charge < -0.3 is 19.7 Å². The van der Waals surface area contributed by atoms with Crippen LogP contribution in [-0.2, 0) is 0 Å². The van der Waals surface area contributed by atoms with Gasteiger partial charge in [0.1, 0.15) is 25.4 Å². The van der Waals surface area contributed by atoms with E-state index in [0.717, 1.165) is 54.6 Å². The number of hydrogen-bond donors (Lipinski definition) is 1. The Balaban J connectivity index is 1.47. The van der Waals surface area contributed by atoms with Crippen LogP contribution in [0.3, 0.4) is 0 Å². The molecule has 1 fully saturated rings. The number of aryl methyl sites for hydroxylation is 1. The highest BCUT2D eigenvalue weighted by atomic mass is 16.6. The van der Waals surface area contributed by atoms with E-state index in [2.05, 4.69) is 33.2 Å². The quantitative estimate of drug-likeness (QED) is 0.927. The Morgan fingerprint density at radius 3 is 2.84 bits per heavy atom. The number of hydrogen-bond acceptors (Lipinski definition) is 6. The number of nitrogens with one attached hydrogen (secondary N) is 1. The summed E-state index contributed by atoms with van der Waals surface area (Å²) in [5, 5.41) is 3.64. The van der Waals surface area contributed by atoms with Gasteiger partial charge in [-0.25, -0.2) is 9.97 Å². The van der Waals surface area contributed by atoms with Gasteiger partial charge in [-0.05, 0) is 38.8 Å². The molecule has 0 aliphatic carbocycles. The Kier molecular flexibility index (Phi) is 4.34. The van der Waals surface area contributed by atoms with Gasteiger partial charge in [0.05, 0.1) is 0 Å². The number of piperidine rings is 1. The molecule has 6 heteroatoms. The largest absolute Gasteiger partial charge is 0.486 e. The van der Waals surface area contributed by atoms with Crippen LogP contribution in [0.15, 0.2) is 24.5 Å². The van der Waals surface area contributed by atoms with Crippen molar-refractivity contribution in [1.82, 2.24) is 9.97 Å². The molecule has 1 atom stereocenters. The molecule has 0 unspecified atom stereocenters. The Morgan fingerprint density at radius 1 is 1.12 bits per heavy atom. The fraction of sp³-hybridized carbons (Fsp3) is 0.474. The third-order valence-electron chi connectivity index (χ3n) is 4.94. The second-order valence-electron chi connectivity index (χ2n) is 6.70. The number of nitrogens with zero attached hydrogens (tertiary/aromatic N) is 3. The van der Waals surface area contributed by atoms with Crippen molar-refractivity contribution in [2.75, 3.05) is 36.5 Å². The predicted molar refractivity (Wildman–Crippen MR) is 97.8 cm³/mol. The zero-order valence-electron chi connectivity index (χ0n) is 14.8. The predicted octanol–water partition coefficient (Wildman–Crippen LogP) is 2.95. The van der Waals surface area contributed by atoms with E-state index in [1.807, 2.05) is 19.1 Å². The van der Waals surface area contributed by atoms with Crippen LogP contribution < -0.4 is 19.7 Å². The van der Waals surface area contributed by atoms with E-state index in [4.69, 9.17) is 9.47 Å². The van der Waals surface area contributed by atoms with Gasteiger partial charge in [0.2, 0.25) is 0 Å². The van der Waals surface area contributed by atoms with Gasteiger partial charge in [-0.1, -0.05) is 0 Å². The van der Waals surface area contributed by atoms with Crippen molar-refractivity contribution >= 4 is 11.5 Å². The molecule has 6 nitrogen and oxygen atoms in total. The summed E-state index contributed by atoms with van der Waals surface area (Å²) in [5.74, 6) is 2.71. The van der Waals surface area contributed by atoms with Gasteiger partial charge in [-0.3, -0.25) is 0 Å². The Labute approximate surface area is 148 Å². The maximum Gasteiger partial charge on any atom is 0.163 e. The summed E-state index contributed by atoms with van der Waals surface area (Å²) in [6.45, 7) is 7.34. The van der Waals surface area contributed by atoms with E-state index in [9.17, 15) is 0 Å². The lowest BCUT2D eigenvalue weighted by Gasteiger charge is -2.35. The van der Waals surface area contributed by atoms with Gasteiger partial charge in [-0.15, -0.1) is 0 Å². The van der Waals surface area contributed by atoms with E-state index < -0.39 is 0 Å². The fourth-order valence-corrected chi connectivity index (χ4v) is 3.50. The van der Waals surface area contributed by atoms with E-state index in [1.165, 1.54) is 5.56 Å². The van der Waals surface area contributed by atoms with Crippen LogP contribution in [-0.4, -0.2) is 42.3 Å². The summed E-state index contributed by atoms with van der Waals surface area (Å²) >= 11 is 0. The minimum atomic E-state index is 0.381. The minimum absolute atomic E-state index is 0.381. The van der Waals surface area contributed by atoms with Gasteiger partial charge in [-0.2, -0.15) is 0 Å². The van der Waals surface area contributed by atoms with Gasteiger partial charge in [0.15, 0.2) is 11.5 Å². The van der Waals surface area contributed by atoms with Crippen molar-refractivity contribution < 1.29 is 9.47 Å². The minimum Gasteiger partial charge on any atom is -0.486 e. The molecule has 0 spiro atoms. The molecule has 1 aromatic carbocycles. The summed E-state index contributed by atoms with van der Waals surface area (Å²) < 4.78 is 11.3. The van der Waals surface area contributed by atoms with E-state index in [1.54, 1.807) is 6.33 Å². The monoisotopic (exact) mass is 340 g/mol. The fourth-order valence-electron chi connectivity index (χ4n) is 3.50. The van der Waals surface area contributed by atoms with Crippen molar-refractivity contribution in [1.29, 1.82) is 0 Å². The normalized spacial score (nSPS) is 19.6. The lowest BCUT2D eigenvalue weighted by atomic mass is 10.0. The second kappa shape index (κ2) is 6.78. The molecule has 132 valence electrons. The number of benzene rings is 1. The number of rotatable bonds is 3. The molecule has 2 aliphatic rings. The molecular formula is C19H24N4O2. The van der Waals surface area contributed by atoms with Crippen molar-refractivity contribution in [3.8, 4) is 11.5 Å². The molecule has 4 rings (SSSR count). The van der Waals surface area contributed by atoms with Crippen LogP contribution in [0.4, 0.5) is 11.5 Å². The molecule has 0 bridgehead atoms. The highest BCUT2D eigenvalue weighted by molar-refractivity contribution is 5.56. The average Bonchev–Trinajstić information content (AvgIpc) is 2.64. The second-order valence-corrected chi connectivity index (χ2v) is 6.70. The SMILES string of the molecule is Cc1ncnc(N2CCC[C@H](Nc3ccc4c(c3)OCCO4)C2)c1C. The summed E-state index contributed by atoms with van der Waals surface area (Å²) in [4.78, 5) is 11.2. The molecule has 1 aromatic heterocycles. The average molecular weight is 340 g/mol. The standard InChI is InChI=1S/C19H24N4O2/c1-13-14(2)20-12-21-19(13)23-7-3-4-16(11-23)22-15-5-6-17-18(10-15)25-9-8-24-17/h5-6,10,12,16,22H,3-4,7-9,11H2,1-2H3/t16-/m0/s1. The van der Waals surface area contributed by atoms with Gasteiger partial charge in [0, 0.05) is 42.1 Å². The lowest BCUT2D eigenvalue weighted by molar-refractivity contribution is 0.171. The molecule has 1 N–H and O–H groups in total. The molecule has 2 aliphatic heterocycles. The molecule has 25 heavy (non-hydrogen) atoms. The first-order valence-corrected chi connectivity index (χ1v) is 8.90. The highest BCUT2D eigenvalue weighted by Gasteiger charge is 2.23. The van der Waals surface area contributed by atoms with Crippen molar-refractivity contribution in [3.05, 3.63) is 35.8 Å². The number of anilines is 2. The Bertz CT molecular complexity index is 765. The summed E-state index contributed by atoms with van der Waals surface area (Å²) in [6, 6.07) is 6.46. The zero-order valence-corrected chi connectivity index (χ0v) is 14.8. The zero-order chi connectivity index (χ0) is 17.2. The molecule has 3 heterocycles. The summed E-state index contributed by atoms with van der Waals surface area (Å²) in [5.41, 5.74) is 3.29. The van der Waals surface area contributed by atoms with Crippen LogP contribution in [0.1, 0.15) is 24.1 Å². The van der Waals surface area contributed by atoms with Crippen LogP contribution >= 0.6 is 0 Å². The Morgan fingerprint density at radius 2 is 1.96 bits per heavy atom. The third kappa shape index (κ3) is 3.34. The topological polar surface area (TPSA) is 59.5 Å². The van der Waals surface area contributed by atoms with Crippen LogP contribution in [0.25, 0.3) is 0 Å². The number of fused-ring (bicyclic) bond motifs is 1. The van der Waals surface area contributed by atoms with Crippen molar-refractivity contribution in [2.24, 2.45) is 0 Å². The van der Waals surface area contributed by atoms with Crippen molar-refractivity contribution in [2.45, 2.75) is 32.7 Å². The Hall–Kier alpha value is -2.50. The molecular weight excluding hydrogens is 316 g/mol. The summed E-state index contributed by atoms with van der Waals surface area (Å²) in [7, 11) is 0. The van der Waals surface area contributed by atoms with Gasteiger partial charge >= 0.3 is 0 Å². The number of aromatic nitrogens is 2. The maximum absolute atomic E-state index is 5.68. The van der Waals surface area contributed by atoms with Crippen LogP contribution in [0, 0.1) is 13.8 Å². The maximum atomic E-state index is 5.68. The molecule has 0 amide bonds.